The quantitative estimate of drug-likeness (QED) is 0.587. The average Bonchev–Trinajstić information content (AvgIpc) is 2.62. The lowest BCUT2D eigenvalue weighted by molar-refractivity contribution is -0.150. The van der Waals surface area contributed by atoms with Crippen LogP contribution in [0.25, 0.3) is 0 Å². The van der Waals surface area contributed by atoms with Crippen LogP contribution in [0.15, 0.2) is 0 Å². The molecule has 0 spiro atoms. The third-order valence-electron chi connectivity index (χ3n) is 4.41. The SMILES string of the molecule is CC1(C)OC(=O)C2C3CC(O)C(C3)C21. The molecule has 3 fully saturated rings. The molecule has 0 aromatic rings. The maximum atomic E-state index is 11.7. The van der Waals surface area contributed by atoms with E-state index in [9.17, 15) is 9.90 Å². The molecule has 3 heteroatoms. The predicted molar refractivity (Wildman–Crippen MR) is 49.4 cm³/mol. The fourth-order valence-corrected chi connectivity index (χ4v) is 4.01. The van der Waals surface area contributed by atoms with Crippen molar-refractivity contribution in [2.75, 3.05) is 0 Å². The van der Waals surface area contributed by atoms with Crippen LogP contribution in [-0.2, 0) is 9.53 Å². The summed E-state index contributed by atoms with van der Waals surface area (Å²) in [5, 5.41) is 9.82. The molecular formula is C11H16O3. The van der Waals surface area contributed by atoms with E-state index in [4.69, 9.17) is 4.74 Å². The van der Waals surface area contributed by atoms with E-state index in [2.05, 4.69) is 0 Å². The molecule has 5 atom stereocenters. The molecule has 78 valence electrons. The molecule has 2 bridgehead atoms. The van der Waals surface area contributed by atoms with E-state index < -0.39 is 0 Å². The van der Waals surface area contributed by atoms with Crippen molar-refractivity contribution in [1.29, 1.82) is 0 Å². The van der Waals surface area contributed by atoms with E-state index in [0.29, 0.717) is 11.8 Å². The van der Waals surface area contributed by atoms with Crippen molar-refractivity contribution in [3.63, 3.8) is 0 Å². The molecular weight excluding hydrogens is 180 g/mol. The van der Waals surface area contributed by atoms with Crippen LogP contribution in [-0.4, -0.2) is 22.8 Å². The zero-order chi connectivity index (χ0) is 10.1. The minimum absolute atomic E-state index is 0.0283. The van der Waals surface area contributed by atoms with Crippen molar-refractivity contribution in [3.8, 4) is 0 Å². The summed E-state index contributed by atoms with van der Waals surface area (Å²) in [5.74, 6) is 0.988. The molecule has 2 aliphatic carbocycles. The van der Waals surface area contributed by atoms with E-state index in [1.54, 1.807) is 0 Å². The molecule has 3 rings (SSSR count). The molecule has 5 unspecified atom stereocenters. The van der Waals surface area contributed by atoms with E-state index >= 15 is 0 Å². The fraction of sp³-hybridized carbons (Fsp3) is 0.909. The first-order valence-corrected chi connectivity index (χ1v) is 5.41. The first-order chi connectivity index (χ1) is 6.50. The second kappa shape index (κ2) is 2.32. The van der Waals surface area contributed by atoms with Gasteiger partial charge in [-0.1, -0.05) is 0 Å². The van der Waals surface area contributed by atoms with Crippen molar-refractivity contribution in [3.05, 3.63) is 0 Å². The maximum absolute atomic E-state index is 11.7. The Morgan fingerprint density at radius 3 is 2.86 bits per heavy atom. The summed E-state index contributed by atoms with van der Waals surface area (Å²) in [7, 11) is 0. The largest absolute Gasteiger partial charge is 0.459 e. The fourth-order valence-electron chi connectivity index (χ4n) is 4.01. The second-order valence-corrected chi connectivity index (χ2v) is 5.54. The highest BCUT2D eigenvalue weighted by molar-refractivity contribution is 5.77. The highest BCUT2D eigenvalue weighted by Gasteiger charge is 2.65. The van der Waals surface area contributed by atoms with Crippen LogP contribution in [0.2, 0.25) is 0 Å². The Morgan fingerprint density at radius 2 is 2.14 bits per heavy atom. The van der Waals surface area contributed by atoms with Crippen LogP contribution in [0.1, 0.15) is 26.7 Å². The summed E-state index contributed by atoms with van der Waals surface area (Å²) >= 11 is 0. The molecule has 3 nitrogen and oxygen atoms in total. The van der Waals surface area contributed by atoms with Crippen molar-refractivity contribution in [1.82, 2.24) is 0 Å². The number of cyclic esters (lactones) is 1. The maximum Gasteiger partial charge on any atom is 0.310 e. The van der Waals surface area contributed by atoms with Crippen LogP contribution in [0.3, 0.4) is 0 Å². The number of ether oxygens (including phenoxy) is 1. The van der Waals surface area contributed by atoms with E-state index in [0.717, 1.165) is 12.8 Å². The minimum atomic E-state index is -0.359. The predicted octanol–water partition coefficient (Wildman–Crippen LogP) is 0.955. The van der Waals surface area contributed by atoms with Crippen LogP contribution in [0, 0.1) is 23.7 Å². The molecule has 1 aliphatic heterocycles. The van der Waals surface area contributed by atoms with Gasteiger partial charge in [0.15, 0.2) is 0 Å². The highest BCUT2D eigenvalue weighted by Crippen LogP contribution is 2.60. The standard InChI is InChI=1S/C11H16O3/c1-11(2)9-6-3-5(4-7(6)12)8(9)10(13)14-11/h5-9,12H,3-4H2,1-2H3. The summed E-state index contributed by atoms with van der Waals surface area (Å²) in [6.07, 6.45) is 1.63. The minimum Gasteiger partial charge on any atom is -0.459 e. The lowest BCUT2D eigenvalue weighted by Gasteiger charge is -2.32. The summed E-state index contributed by atoms with van der Waals surface area (Å²) in [5.41, 5.74) is -0.359. The number of hydrogen-bond donors (Lipinski definition) is 1. The van der Waals surface area contributed by atoms with E-state index in [1.165, 1.54) is 0 Å². The molecule has 1 N–H and O–H groups in total. The molecule has 1 saturated heterocycles. The number of carbonyl (C=O) groups is 1. The van der Waals surface area contributed by atoms with Gasteiger partial charge < -0.3 is 9.84 Å². The smallest absolute Gasteiger partial charge is 0.310 e. The van der Waals surface area contributed by atoms with Crippen molar-refractivity contribution in [2.24, 2.45) is 23.7 Å². The van der Waals surface area contributed by atoms with Gasteiger partial charge in [0.1, 0.15) is 5.60 Å². The monoisotopic (exact) mass is 196 g/mol. The summed E-state index contributed by atoms with van der Waals surface area (Å²) < 4.78 is 5.39. The Labute approximate surface area is 83.4 Å². The molecule has 3 aliphatic rings. The van der Waals surface area contributed by atoms with E-state index in [-0.39, 0.29) is 29.5 Å². The number of esters is 1. The highest BCUT2D eigenvalue weighted by atomic mass is 16.6. The average molecular weight is 196 g/mol. The Bertz CT molecular complexity index is 297. The van der Waals surface area contributed by atoms with Gasteiger partial charge in [0, 0.05) is 5.92 Å². The molecule has 0 amide bonds. The summed E-state index contributed by atoms with van der Waals surface area (Å²) in [4.78, 5) is 11.7. The van der Waals surface area contributed by atoms with Gasteiger partial charge in [-0.15, -0.1) is 0 Å². The van der Waals surface area contributed by atoms with Gasteiger partial charge in [-0.25, -0.2) is 0 Å². The molecule has 2 saturated carbocycles. The van der Waals surface area contributed by atoms with Gasteiger partial charge in [-0.2, -0.15) is 0 Å². The zero-order valence-corrected chi connectivity index (χ0v) is 8.56. The first kappa shape index (κ1) is 8.72. The number of aliphatic hydroxyl groups is 1. The molecule has 0 aromatic heterocycles. The van der Waals surface area contributed by atoms with Gasteiger partial charge in [-0.05, 0) is 38.5 Å². The molecule has 1 heterocycles. The lowest BCUT2D eigenvalue weighted by atomic mass is 9.72. The number of carbonyl (C=O) groups excluding carboxylic acids is 1. The topological polar surface area (TPSA) is 46.5 Å². The van der Waals surface area contributed by atoms with Gasteiger partial charge in [-0.3, -0.25) is 4.79 Å². The normalized spacial score (nSPS) is 53.4. The molecule has 0 radical (unpaired) electrons. The van der Waals surface area contributed by atoms with Crippen LogP contribution < -0.4 is 0 Å². The number of fused-ring (bicyclic) bond motifs is 5. The van der Waals surface area contributed by atoms with Crippen molar-refractivity contribution >= 4 is 5.97 Å². The van der Waals surface area contributed by atoms with Crippen molar-refractivity contribution in [2.45, 2.75) is 38.4 Å². The second-order valence-electron chi connectivity index (χ2n) is 5.54. The van der Waals surface area contributed by atoms with Crippen molar-refractivity contribution < 1.29 is 14.6 Å². The Morgan fingerprint density at radius 1 is 1.43 bits per heavy atom. The Balaban J connectivity index is 2.01. The van der Waals surface area contributed by atoms with Crippen LogP contribution in [0.5, 0.6) is 0 Å². The summed E-state index contributed by atoms with van der Waals surface area (Å²) in [6.45, 7) is 3.95. The number of rotatable bonds is 0. The zero-order valence-electron chi connectivity index (χ0n) is 8.56. The first-order valence-electron chi connectivity index (χ1n) is 5.41. The Kier molecular flexibility index (Phi) is 1.45. The molecule has 14 heavy (non-hydrogen) atoms. The molecule has 0 aromatic carbocycles. The van der Waals surface area contributed by atoms with Gasteiger partial charge in [0.25, 0.3) is 0 Å². The van der Waals surface area contributed by atoms with Crippen LogP contribution >= 0.6 is 0 Å². The van der Waals surface area contributed by atoms with Crippen LogP contribution in [0.4, 0.5) is 0 Å². The third-order valence-corrected chi connectivity index (χ3v) is 4.41. The van der Waals surface area contributed by atoms with E-state index in [1.807, 2.05) is 13.8 Å². The van der Waals surface area contributed by atoms with Gasteiger partial charge >= 0.3 is 5.97 Å². The lowest BCUT2D eigenvalue weighted by Crippen LogP contribution is -2.39. The Hall–Kier alpha value is -0.570. The van der Waals surface area contributed by atoms with Gasteiger partial charge in [0.2, 0.25) is 0 Å². The number of aliphatic hydroxyl groups excluding tert-OH is 1. The number of hydrogen-bond acceptors (Lipinski definition) is 3. The van der Waals surface area contributed by atoms with Gasteiger partial charge in [0.05, 0.1) is 12.0 Å². The third kappa shape index (κ3) is 0.842. The summed E-state index contributed by atoms with van der Waals surface area (Å²) in [6, 6.07) is 0.